The van der Waals surface area contributed by atoms with Crippen LogP contribution in [0, 0.1) is 0 Å². The Labute approximate surface area is 105 Å². The highest BCUT2D eigenvalue weighted by atomic mass is 16.6. The Balaban J connectivity index is 3.46. The van der Waals surface area contributed by atoms with Gasteiger partial charge in [-0.05, 0) is 34.4 Å². The second kappa shape index (κ2) is 5.54. The summed E-state index contributed by atoms with van der Waals surface area (Å²) >= 11 is 0. The molecule has 2 nitrogen and oxygen atoms in total. The Morgan fingerprint density at radius 1 is 0.824 bits per heavy atom. The van der Waals surface area contributed by atoms with Gasteiger partial charge in [0.05, 0.1) is 0 Å². The third-order valence-corrected chi connectivity index (χ3v) is 3.20. The monoisotopic (exact) mass is 235 g/mol. The standard InChI is InChI=1S/C15H25NO/c1-9(2)12-7-13(10(3)4)15(17-16)14(8-12)11(5)6/h7-11H,16H2,1-6H3. The van der Waals surface area contributed by atoms with Crippen molar-refractivity contribution in [1.29, 1.82) is 0 Å². The molecule has 0 radical (unpaired) electrons. The van der Waals surface area contributed by atoms with E-state index >= 15 is 0 Å². The van der Waals surface area contributed by atoms with Gasteiger partial charge in [0.25, 0.3) is 0 Å². The lowest BCUT2D eigenvalue weighted by molar-refractivity contribution is 0.324. The van der Waals surface area contributed by atoms with Gasteiger partial charge in [-0.3, -0.25) is 0 Å². The van der Waals surface area contributed by atoms with E-state index in [2.05, 4.69) is 53.7 Å². The zero-order valence-electron chi connectivity index (χ0n) is 11.9. The first kappa shape index (κ1) is 14.0. The highest BCUT2D eigenvalue weighted by Gasteiger charge is 2.17. The van der Waals surface area contributed by atoms with E-state index in [1.807, 2.05) is 0 Å². The van der Waals surface area contributed by atoms with Crippen molar-refractivity contribution >= 4 is 0 Å². The van der Waals surface area contributed by atoms with E-state index in [1.54, 1.807) is 0 Å². The van der Waals surface area contributed by atoms with Crippen LogP contribution in [-0.4, -0.2) is 0 Å². The fraction of sp³-hybridized carbons (Fsp3) is 0.600. The highest BCUT2D eigenvalue weighted by Crippen LogP contribution is 2.36. The normalized spacial score (nSPS) is 11.6. The zero-order valence-corrected chi connectivity index (χ0v) is 11.9. The minimum absolute atomic E-state index is 0.421. The van der Waals surface area contributed by atoms with Gasteiger partial charge in [0.2, 0.25) is 0 Å². The topological polar surface area (TPSA) is 35.2 Å². The maximum absolute atomic E-state index is 5.45. The third-order valence-electron chi connectivity index (χ3n) is 3.20. The molecule has 0 unspecified atom stereocenters. The van der Waals surface area contributed by atoms with Crippen molar-refractivity contribution in [3.05, 3.63) is 28.8 Å². The molecule has 1 aromatic rings. The summed E-state index contributed by atoms with van der Waals surface area (Å²) in [6.07, 6.45) is 0. The third kappa shape index (κ3) is 3.01. The van der Waals surface area contributed by atoms with Gasteiger partial charge in [0.15, 0.2) is 5.75 Å². The predicted octanol–water partition coefficient (Wildman–Crippen LogP) is 4.31. The lowest BCUT2D eigenvalue weighted by atomic mass is 9.88. The highest BCUT2D eigenvalue weighted by molar-refractivity contribution is 5.48. The summed E-state index contributed by atoms with van der Waals surface area (Å²) in [5, 5.41) is 0. The molecule has 1 rings (SSSR count). The largest absolute Gasteiger partial charge is 0.411 e. The summed E-state index contributed by atoms with van der Waals surface area (Å²) in [4.78, 5) is 5.13. The Hall–Kier alpha value is -1.02. The molecule has 0 heterocycles. The van der Waals surface area contributed by atoms with Gasteiger partial charge in [-0.25, -0.2) is 0 Å². The number of nitrogens with two attached hydrogens (primary N) is 1. The van der Waals surface area contributed by atoms with Crippen LogP contribution >= 0.6 is 0 Å². The Bertz CT molecular complexity index is 352. The van der Waals surface area contributed by atoms with E-state index in [-0.39, 0.29) is 0 Å². The summed E-state index contributed by atoms with van der Waals surface area (Å²) in [5.74, 6) is 7.68. The number of hydrogen-bond donors (Lipinski definition) is 1. The molecule has 0 aliphatic rings. The van der Waals surface area contributed by atoms with Crippen LogP contribution < -0.4 is 10.7 Å². The SMILES string of the molecule is CC(C)c1cc(C(C)C)c(ON)c(C(C)C)c1. The van der Waals surface area contributed by atoms with Gasteiger partial charge in [0.1, 0.15) is 0 Å². The second-order valence-electron chi connectivity index (χ2n) is 5.61. The fourth-order valence-corrected chi connectivity index (χ4v) is 2.03. The van der Waals surface area contributed by atoms with Crippen molar-refractivity contribution in [2.24, 2.45) is 5.90 Å². The Kier molecular flexibility index (Phi) is 4.58. The van der Waals surface area contributed by atoms with E-state index < -0.39 is 0 Å². The molecular formula is C15H25NO. The smallest absolute Gasteiger partial charge is 0.153 e. The average molecular weight is 235 g/mol. The first-order chi connectivity index (χ1) is 7.88. The minimum atomic E-state index is 0.421. The molecule has 0 fully saturated rings. The molecule has 0 atom stereocenters. The molecule has 0 amide bonds. The second-order valence-corrected chi connectivity index (χ2v) is 5.61. The Morgan fingerprint density at radius 2 is 1.24 bits per heavy atom. The van der Waals surface area contributed by atoms with Crippen molar-refractivity contribution in [3.63, 3.8) is 0 Å². The van der Waals surface area contributed by atoms with Crippen LogP contribution in [0.3, 0.4) is 0 Å². The summed E-state index contributed by atoms with van der Waals surface area (Å²) in [6, 6.07) is 4.45. The van der Waals surface area contributed by atoms with Crippen LogP contribution in [0.2, 0.25) is 0 Å². The zero-order chi connectivity index (χ0) is 13.2. The maximum Gasteiger partial charge on any atom is 0.153 e. The molecule has 17 heavy (non-hydrogen) atoms. The van der Waals surface area contributed by atoms with Crippen molar-refractivity contribution in [2.45, 2.75) is 59.3 Å². The molecule has 2 heteroatoms. The van der Waals surface area contributed by atoms with Crippen LogP contribution in [0.25, 0.3) is 0 Å². The molecule has 0 bridgehead atoms. The lowest BCUT2D eigenvalue weighted by Gasteiger charge is -2.20. The quantitative estimate of drug-likeness (QED) is 0.789. The molecule has 1 aromatic carbocycles. The van der Waals surface area contributed by atoms with Gasteiger partial charge in [0, 0.05) is 0 Å². The van der Waals surface area contributed by atoms with Crippen molar-refractivity contribution < 1.29 is 4.84 Å². The van der Waals surface area contributed by atoms with Crippen molar-refractivity contribution in [1.82, 2.24) is 0 Å². The van der Waals surface area contributed by atoms with Gasteiger partial charge in [-0.15, -0.1) is 0 Å². The van der Waals surface area contributed by atoms with E-state index in [9.17, 15) is 0 Å². The van der Waals surface area contributed by atoms with Crippen LogP contribution in [-0.2, 0) is 0 Å². The van der Waals surface area contributed by atoms with E-state index in [0.717, 1.165) is 5.75 Å². The van der Waals surface area contributed by atoms with Crippen molar-refractivity contribution in [3.8, 4) is 5.75 Å². The first-order valence-electron chi connectivity index (χ1n) is 6.42. The summed E-state index contributed by atoms with van der Waals surface area (Å²) in [5.41, 5.74) is 3.78. The van der Waals surface area contributed by atoms with Crippen LogP contribution in [0.5, 0.6) is 5.75 Å². The van der Waals surface area contributed by atoms with Gasteiger partial charge >= 0.3 is 0 Å². The van der Waals surface area contributed by atoms with Crippen LogP contribution in [0.1, 0.15) is 76.0 Å². The predicted molar refractivity (Wildman–Crippen MR) is 73.5 cm³/mol. The number of hydrogen-bond acceptors (Lipinski definition) is 2. The van der Waals surface area contributed by atoms with Crippen molar-refractivity contribution in [2.75, 3.05) is 0 Å². The number of rotatable bonds is 4. The van der Waals surface area contributed by atoms with E-state index in [1.165, 1.54) is 16.7 Å². The van der Waals surface area contributed by atoms with E-state index in [0.29, 0.717) is 17.8 Å². The fourth-order valence-electron chi connectivity index (χ4n) is 2.03. The summed E-state index contributed by atoms with van der Waals surface area (Å²) < 4.78 is 0. The lowest BCUT2D eigenvalue weighted by Crippen LogP contribution is -2.10. The Morgan fingerprint density at radius 3 is 1.47 bits per heavy atom. The van der Waals surface area contributed by atoms with Crippen LogP contribution in [0.15, 0.2) is 12.1 Å². The van der Waals surface area contributed by atoms with Gasteiger partial charge in [-0.1, -0.05) is 53.7 Å². The van der Waals surface area contributed by atoms with Gasteiger partial charge in [-0.2, -0.15) is 5.90 Å². The molecule has 0 saturated heterocycles. The van der Waals surface area contributed by atoms with Gasteiger partial charge < -0.3 is 4.84 Å². The first-order valence-corrected chi connectivity index (χ1v) is 6.42. The number of benzene rings is 1. The molecular weight excluding hydrogens is 210 g/mol. The molecule has 0 aliphatic carbocycles. The minimum Gasteiger partial charge on any atom is -0.411 e. The summed E-state index contributed by atoms with van der Waals surface area (Å²) in [7, 11) is 0. The molecule has 0 aromatic heterocycles. The van der Waals surface area contributed by atoms with Crippen LogP contribution in [0.4, 0.5) is 0 Å². The maximum atomic E-state index is 5.45. The molecule has 2 N–H and O–H groups in total. The van der Waals surface area contributed by atoms with E-state index in [4.69, 9.17) is 10.7 Å². The molecule has 0 saturated carbocycles. The molecule has 0 aliphatic heterocycles. The molecule has 0 spiro atoms. The summed E-state index contributed by atoms with van der Waals surface area (Å²) in [6.45, 7) is 13.1. The average Bonchev–Trinajstić information content (AvgIpc) is 2.26. The molecule has 96 valence electrons.